The van der Waals surface area contributed by atoms with Crippen LogP contribution in [0.3, 0.4) is 0 Å². The summed E-state index contributed by atoms with van der Waals surface area (Å²) in [5.74, 6) is 2.18. The van der Waals surface area contributed by atoms with Crippen LogP contribution in [0.2, 0.25) is 0 Å². The summed E-state index contributed by atoms with van der Waals surface area (Å²) in [7, 11) is 1.76. The molecular formula is C18H25N3O. The molecule has 0 N–H and O–H groups in total. The van der Waals surface area contributed by atoms with Crippen molar-refractivity contribution < 1.29 is 4.74 Å². The summed E-state index contributed by atoms with van der Waals surface area (Å²) in [6.45, 7) is 5.39. The Kier molecular flexibility index (Phi) is 4.78. The third-order valence-electron chi connectivity index (χ3n) is 4.61. The van der Waals surface area contributed by atoms with Gasteiger partial charge >= 0.3 is 0 Å². The zero-order valence-corrected chi connectivity index (χ0v) is 13.5. The summed E-state index contributed by atoms with van der Waals surface area (Å²) in [4.78, 5) is 6.99. The fraction of sp³-hybridized carbons (Fsp3) is 0.500. The van der Waals surface area contributed by atoms with Crippen LogP contribution < -0.4 is 4.74 Å². The maximum Gasteiger partial charge on any atom is 0.123 e. The van der Waals surface area contributed by atoms with Crippen LogP contribution in [0, 0.1) is 0 Å². The van der Waals surface area contributed by atoms with Crippen LogP contribution in [0.4, 0.5) is 0 Å². The Morgan fingerprint density at radius 3 is 2.95 bits per heavy atom. The molecular weight excluding hydrogens is 274 g/mol. The molecule has 0 unspecified atom stereocenters. The highest BCUT2D eigenvalue weighted by atomic mass is 16.5. The average Bonchev–Trinajstić information content (AvgIpc) is 3.21. The first-order valence-electron chi connectivity index (χ1n) is 8.20. The lowest BCUT2D eigenvalue weighted by Crippen LogP contribution is -2.27. The highest BCUT2D eigenvalue weighted by Gasteiger charge is 2.27. The Morgan fingerprint density at radius 2 is 2.14 bits per heavy atom. The van der Waals surface area contributed by atoms with Gasteiger partial charge in [-0.1, -0.05) is 25.1 Å². The van der Waals surface area contributed by atoms with Crippen LogP contribution in [0.15, 0.2) is 36.7 Å². The SMILES string of the molecule is CCc1nccn1CCN1CCC[C@H]1c1ccccc1OC. The number of rotatable bonds is 6. The average molecular weight is 299 g/mol. The van der Waals surface area contributed by atoms with Crippen LogP contribution in [0.25, 0.3) is 0 Å². The van der Waals surface area contributed by atoms with Gasteiger partial charge in [-0.05, 0) is 25.5 Å². The van der Waals surface area contributed by atoms with E-state index < -0.39 is 0 Å². The third-order valence-corrected chi connectivity index (χ3v) is 4.61. The first-order chi connectivity index (χ1) is 10.8. The smallest absolute Gasteiger partial charge is 0.123 e. The molecule has 4 nitrogen and oxygen atoms in total. The predicted molar refractivity (Wildman–Crippen MR) is 88.1 cm³/mol. The molecule has 3 rings (SSSR count). The Bertz CT molecular complexity index is 608. The van der Waals surface area contributed by atoms with Crippen molar-refractivity contribution >= 4 is 0 Å². The Labute approximate surface area is 132 Å². The molecule has 22 heavy (non-hydrogen) atoms. The van der Waals surface area contributed by atoms with E-state index in [-0.39, 0.29) is 0 Å². The van der Waals surface area contributed by atoms with Gasteiger partial charge in [0.15, 0.2) is 0 Å². The minimum Gasteiger partial charge on any atom is -0.496 e. The maximum atomic E-state index is 5.55. The number of methoxy groups -OCH3 is 1. The van der Waals surface area contributed by atoms with Crippen LogP contribution >= 0.6 is 0 Å². The minimum absolute atomic E-state index is 0.477. The molecule has 1 aliphatic rings. The summed E-state index contributed by atoms with van der Waals surface area (Å²) >= 11 is 0. The number of para-hydroxylation sites is 1. The molecule has 1 saturated heterocycles. The monoisotopic (exact) mass is 299 g/mol. The fourth-order valence-corrected chi connectivity index (χ4v) is 3.48. The second-order valence-electron chi connectivity index (χ2n) is 5.83. The lowest BCUT2D eigenvalue weighted by atomic mass is 10.0. The fourth-order valence-electron chi connectivity index (χ4n) is 3.48. The van der Waals surface area contributed by atoms with E-state index in [1.54, 1.807) is 7.11 Å². The van der Waals surface area contributed by atoms with Gasteiger partial charge in [0.1, 0.15) is 11.6 Å². The molecule has 0 saturated carbocycles. The second-order valence-corrected chi connectivity index (χ2v) is 5.83. The van der Waals surface area contributed by atoms with Gasteiger partial charge in [0.25, 0.3) is 0 Å². The summed E-state index contributed by atoms with van der Waals surface area (Å²) in [5, 5.41) is 0. The van der Waals surface area contributed by atoms with Crippen molar-refractivity contribution in [3.63, 3.8) is 0 Å². The first kappa shape index (κ1) is 15.1. The van der Waals surface area contributed by atoms with Crippen molar-refractivity contribution in [2.45, 2.75) is 38.8 Å². The highest BCUT2D eigenvalue weighted by Crippen LogP contribution is 2.36. The van der Waals surface area contributed by atoms with Gasteiger partial charge in [-0.15, -0.1) is 0 Å². The van der Waals surface area contributed by atoms with E-state index in [9.17, 15) is 0 Å². The number of hydrogen-bond donors (Lipinski definition) is 0. The molecule has 1 aromatic carbocycles. The van der Waals surface area contributed by atoms with Crippen molar-refractivity contribution in [3.05, 3.63) is 48.0 Å². The van der Waals surface area contributed by atoms with Crippen molar-refractivity contribution in [1.29, 1.82) is 0 Å². The molecule has 2 aromatic rings. The molecule has 1 atom stereocenters. The van der Waals surface area contributed by atoms with Crippen molar-refractivity contribution in [1.82, 2.24) is 14.5 Å². The van der Waals surface area contributed by atoms with E-state index in [4.69, 9.17) is 4.74 Å². The van der Waals surface area contributed by atoms with Crippen LogP contribution in [0.1, 0.15) is 37.2 Å². The maximum absolute atomic E-state index is 5.55. The van der Waals surface area contributed by atoms with E-state index in [0.717, 1.165) is 25.3 Å². The number of nitrogens with zero attached hydrogens (tertiary/aromatic N) is 3. The summed E-state index contributed by atoms with van der Waals surface area (Å²) in [6, 6.07) is 8.90. The minimum atomic E-state index is 0.477. The van der Waals surface area contributed by atoms with E-state index in [1.165, 1.54) is 30.8 Å². The van der Waals surface area contributed by atoms with E-state index in [1.807, 2.05) is 12.3 Å². The first-order valence-corrected chi connectivity index (χ1v) is 8.20. The topological polar surface area (TPSA) is 30.3 Å². The van der Waals surface area contributed by atoms with Gasteiger partial charge in [-0.25, -0.2) is 4.98 Å². The van der Waals surface area contributed by atoms with Gasteiger partial charge in [0.05, 0.1) is 7.11 Å². The number of aryl methyl sites for hydroxylation is 1. The van der Waals surface area contributed by atoms with Gasteiger partial charge in [-0.3, -0.25) is 4.90 Å². The van der Waals surface area contributed by atoms with Crippen molar-refractivity contribution in [2.75, 3.05) is 20.2 Å². The molecule has 0 bridgehead atoms. The van der Waals surface area contributed by atoms with E-state index >= 15 is 0 Å². The molecule has 2 heterocycles. The molecule has 1 aromatic heterocycles. The summed E-state index contributed by atoms with van der Waals surface area (Å²) < 4.78 is 7.83. The molecule has 0 aliphatic carbocycles. The number of benzene rings is 1. The van der Waals surface area contributed by atoms with Crippen molar-refractivity contribution in [2.24, 2.45) is 0 Å². The van der Waals surface area contributed by atoms with E-state index in [2.05, 4.69) is 45.8 Å². The predicted octanol–water partition coefficient (Wildman–Crippen LogP) is 3.29. The number of likely N-dealkylation sites (tertiary alicyclic amines) is 1. The van der Waals surface area contributed by atoms with Gasteiger partial charge in [0.2, 0.25) is 0 Å². The van der Waals surface area contributed by atoms with Gasteiger partial charge in [0, 0.05) is 43.5 Å². The van der Waals surface area contributed by atoms with Gasteiger partial charge in [-0.2, -0.15) is 0 Å². The van der Waals surface area contributed by atoms with Gasteiger partial charge < -0.3 is 9.30 Å². The highest BCUT2D eigenvalue weighted by molar-refractivity contribution is 5.36. The molecule has 0 spiro atoms. The van der Waals surface area contributed by atoms with E-state index in [0.29, 0.717) is 6.04 Å². The standard InChI is InChI=1S/C18H25N3O/c1-3-18-19-10-12-21(18)14-13-20-11-6-8-16(20)15-7-4-5-9-17(15)22-2/h4-5,7,9-10,12,16H,3,6,8,11,13-14H2,1-2H3/t16-/m0/s1. The third kappa shape index (κ3) is 3.02. The molecule has 1 aliphatic heterocycles. The van der Waals surface area contributed by atoms with Crippen LogP contribution in [0.5, 0.6) is 5.75 Å². The number of imidazole rings is 1. The molecule has 4 heteroatoms. The Hall–Kier alpha value is -1.81. The van der Waals surface area contributed by atoms with Crippen molar-refractivity contribution in [3.8, 4) is 5.75 Å². The molecule has 0 radical (unpaired) electrons. The number of ether oxygens (including phenoxy) is 1. The second kappa shape index (κ2) is 6.97. The number of aromatic nitrogens is 2. The quantitative estimate of drug-likeness (QED) is 0.820. The summed E-state index contributed by atoms with van der Waals surface area (Å²) in [5.41, 5.74) is 1.32. The molecule has 118 valence electrons. The summed E-state index contributed by atoms with van der Waals surface area (Å²) in [6.07, 6.45) is 7.45. The molecule has 0 amide bonds. The molecule has 1 fully saturated rings. The normalized spacial score (nSPS) is 18.7. The lowest BCUT2D eigenvalue weighted by molar-refractivity contribution is 0.241. The van der Waals surface area contributed by atoms with Crippen LogP contribution in [-0.4, -0.2) is 34.7 Å². The zero-order valence-electron chi connectivity index (χ0n) is 13.5. The largest absolute Gasteiger partial charge is 0.496 e. The Morgan fingerprint density at radius 1 is 1.27 bits per heavy atom. The zero-order chi connectivity index (χ0) is 15.4. The lowest BCUT2D eigenvalue weighted by Gasteiger charge is -2.26. The van der Waals surface area contributed by atoms with Crippen LogP contribution in [-0.2, 0) is 13.0 Å². The number of hydrogen-bond acceptors (Lipinski definition) is 3. The Balaban J connectivity index is 1.71.